The molecular formula is C17H14N6O3S. The molecule has 4 rings (SSSR count). The van der Waals surface area contributed by atoms with Gasteiger partial charge in [-0.2, -0.15) is 0 Å². The summed E-state index contributed by atoms with van der Waals surface area (Å²) >= 11 is 0. The van der Waals surface area contributed by atoms with Crippen molar-refractivity contribution in [3.8, 4) is 5.82 Å². The number of hydrogen-bond donors (Lipinski definition) is 1. The number of nitrogens with one attached hydrogen (secondary N) is 1. The molecule has 4 aromatic heterocycles. The maximum atomic E-state index is 12.7. The van der Waals surface area contributed by atoms with Gasteiger partial charge in [0.25, 0.3) is 5.91 Å². The molecule has 4 heterocycles. The number of nitrogens with zero attached hydrogens (tertiary/aromatic N) is 5. The minimum atomic E-state index is -3.59. The Bertz CT molecular complexity index is 1230. The van der Waals surface area contributed by atoms with Gasteiger partial charge < -0.3 is 5.32 Å². The Balaban J connectivity index is 1.66. The van der Waals surface area contributed by atoms with Crippen LogP contribution in [0.15, 0.2) is 66.6 Å². The molecule has 0 saturated heterocycles. The van der Waals surface area contributed by atoms with Gasteiger partial charge in [0.2, 0.25) is 15.0 Å². The number of fused-ring (bicyclic) bond motifs is 1. The molecule has 0 aromatic carbocycles. The van der Waals surface area contributed by atoms with Crippen molar-refractivity contribution in [2.24, 2.45) is 0 Å². The topological polar surface area (TPSA) is 111 Å². The Morgan fingerprint density at radius 3 is 2.67 bits per heavy atom. The molecule has 136 valence electrons. The molecule has 0 unspecified atom stereocenters. The number of sulfone groups is 1. The number of aromatic nitrogens is 5. The smallest absolute Gasteiger partial charge is 0.276 e. The molecule has 0 saturated carbocycles. The van der Waals surface area contributed by atoms with Gasteiger partial charge in [-0.1, -0.05) is 6.07 Å². The van der Waals surface area contributed by atoms with Gasteiger partial charge in [0.15, 0.2) is 5.69 Å². The van der Waals surface area contributed by atoms with Crippen LogP contribution in [0.2, 0.25) is 0 Å². The summed E-state index contributed by atoms with van der Waals surface area (Å²) in [6, 6.07) is 8.43. The lowest BCUT2D eigenvalue weighted by molar-refractivity contribution is 0.102. The molecule has 9 nitrogen and oxygen atoms in total. The first-order valence-electron chi connectivity index (χ1n) is 7.86. The van der Waals surface area contributed by atoms with Gasteiger partial charge in [-0.3, -0.25) is 13.8 Å². The van der Waals surface area contributed by atoms with Crippen LogP contribution in [0.1, 0.15) is 10.5 Å². The van der Waals surface area contributed by atoms with Gasteiger partial charge in [-0.25, -0.2) is 23.4 Å². The number of amides is 1. The van der Waals surface area contributed by atoms with E-state index in [1.165, 1.54) is 10.6 Å². The summed E-state index contributed by atoms with van der Waals surface area (Å²) in [5.74, 6) is 0.128. The van der Waals surface area contributed by atoms with Gasteiger partial charge in [0, 0.05) is 24.8 Å². The lowest BCUT2D eigenvalue weighted by Crippen LogP contribution is -2.13. The van der Waals surface area contributed by atoms with Crippen LogP contribution in [-0.2, 0) is 9.84 Å². The Hall–Kier alpha value is -3.53. The van der Waals surface area contributed by atoms with E-state index in [4.69, 9.17) is 0 Å². The third kappa shape index (κ3) is 3.17. The normalized spacial score (nSPS) is 11.6. The monoisotopic (exact) mass is 382 g/mol. The summed E-state index contributed by atoms with van der Waals surface area (Å²) in [6.45, 7) is 0. The fraction of sp³-hybridized carbons (Fsp3) is 0.0588. The average Bonchev–Trinajstić information content (AvgIpc) is 3.30. The predicted octanol–water partition coefficient (Wildman–Crippen LogP) is 1.57. The SMILES string of the molecule is CS(=O)(=O)c1nc(C(=O)Nc2ccc(-n3ccnc3)nc2)c2ccccn12. The average molecular weight is 382 g/mol. The first-order valence-corrected chi connectivity index (χ1v) is 9.75. The summed E-state index contributed by atoms with van der Waals surface area (Å²) < 4.78 is 27.0. The summed E-state index contributed by atoms with van der Waals surface area (Å²) in [6.07, 6.45) is 9.12. The molecule has 0 fully saturated rings. The molecule has 1 amide bonds. The van der Waals surface area contributed by atoms with E-state index in [-0.39, 0.29) is 10.9 Å². The van der Waals surface area contributed by atoms with Crippen molar-refractivity contribution in [2.45, 2.75) is 5.16 Å². The largest absolute Gasteiger partial charge is 0.319 e. The Morgan fingerprint density at radius 1 is 1.15 bits per heavy atom. The summed E-state index contributed by atoms with van der Waals surface area (Å²) in [4.78, 5) is 24.9. The highest BCUT2D eigenvalue weighted by Crippen LogP contribution is 2.18. The predicted molar refractivity (Wildman–Crippen MR) is 97.6 cm³/mol. The van der Waals surface area contributed by atoms with Gasteiger partial charge in [-0.05, 0) is 24.3 Å². The number of anilines is 1. The van der Waals surface area contributed by atoms with E-state index in [9.17, 15) is 13.2 Å². The zero-order chi connectivity index (χ0) is 19.0. The second-order valence-corrected chi connectivity index (χ2v) is 7.71. The molecule has 0 spiro atoms. The maximum absolute atomic E-state index is 12.7. The van der Waals surface area contributed by atoms with Crippen LogP contribution in [0.5, 0.6) is 0 Å². The van der Waals surface area contributed by atoms with E-state index < -0.39 is 15.7 Å². The minimum Gasteiger partial charge on any atom is -0.319 e. The third-order valence-electron chi connectivity index (χ3n) is 3.84. The van der Waals surface area contributed by atoms with E-state index in [0.717, 1.165) is 6.26 Å². The Kier molecular flexibility index (Phi) is 3.96. The first kappa shape index (κ1) is 16.9. The summed E-state index contributed by atoms with van der Waals surface area (Å²) in [5, 5.41) is 2.51. The van der Waals surface area contributed by atoms with Gasteiger partial charge in [0.05, 0.1) is 17.4 Å². The number of imidazole rings is 2. The number of rotatable bonds is 4. The summed E-state index contributed by atoms with van der Waals surface area (Å²) in [5.41, 5.74) is 0.884. The Labute approximate surface area is 154 Å². The quantitative estimate of drug-likeness (QED) is 0.573. The van der Waals surface area contributed by atoms with Crippen molar-refractivity contribution in [1.29, 1.82) is 0 Å². The van der Waals surface area contributed by atoms with Crippen LogP contribution in [0.3, 0.4) is 0 Å². The first-order chi connectivity index (χ1) is 12.9. The molecule has 0 atom stereocenters. The van der Waals surface area contributed by atoms with Crippen LogP contribution in [-0.4, -0.2) is 44.5 Å². The van der Waals surface area contributed by atoms with Crippen molar-refractivity contribution in [1.82, 2.24) is 23.9 Å². The fourth-order valence-corrected chi connectivity index (χ4v) is 3.41. The van der Waals surface area contributed by atoms with Crippen LogP contribution < -0.4 is 5.32 Å². The van der Waals surface area contributed by atoms with Crippen molar-refractivity contribution < 1.29 is 13.2 Å². The third-order valence-corrected chi connectivity index (χ3v) is 4.79. The van der Waals surface area contributed by atoms with E-state index in [1.807, 2.05) is 0 Å². The molecule has 0 aliphatic heterocycles. The van der Waals surface area contributed by atoms with E-state index in [2.05, 4.69) is 20.3 Å². The standard InChI is InChI=1S/C17H14N6O3S/c1-27(25,26)17-21-15(13-4-2-3-8-23(13)17)16(24)20-12-5-6-14(19-10-12)22-9-7-18-11-22/h2-11H,1H3,(H,20,24). The maximum Gasteiger partial charge on any atom is 0.276 e. The molecule has 10 heteroatoms. The molecule has 0 aliphatic rings. The van der Waals surface area contributed by atoms with Crippen molar-refractivity contribution >= 4 is 26.9 Å². The molecule has 0 bridgehead atoms. The highest BCUT2D eigenvalue weighted by Gasteiger charge is 2.22. The highest BCUT2D eigenvalue weighted by molar-refractivity contribution is 7.90. The van der Waals surface area contributed by atoms with Crippen LogP contribution in [0.4, 0.5) is 5.69 Å². The number of pyridine rings is 2. The highest BCUT2D eigenvalue weighted by atomic mass is 32.2. The van der Waals surface area contributed by atoms with E-state index in [0.29, 0.717) is 17.0 Å². The zero-order valence-corrected chi connectivity index (χ0v) is 15.0. The fourth-order valence-electron chi connectivity index (χ4n) is 2.64. The zero-order valence-electron chi connectivity index (χ0n) is 14.1. The number of carbonyl (C=O) groups is 1. The second-order valence-electron chi connectivity index (χ2n) is 5.80. The number of hydrogen-bond acceptors (Lipinski definition) is 6. The van der Waals surface area contributed by atoms with E-state index >= 15 is 0 Å². The molecule has 0 aliphatic carbocycles. The lowest BCUT2D eigenvalue weighted by atomic mass is 10.3. The Morgan fingerprint density at radius 2 is 2.00 bits per heavy atom. The molecule has 1 N–H and O–H groups in total. The molecule has 27 heavy (non-hydrogen) atoms. The molecule has 4 aromatic rings. The van der Waals surface area contributed by atoms with Crippen LogP contribution in [0, 0.1) is 0 Å². The van der Waals surface area contributed by atoms with Gasteiger partial charge >= 0.3 is 0 Å². The van der Waals surface area contributed by atoms with E-state index in [1.54, 1.807) is 59.8 Å². The number of carbonyl (C=O) groups excluding carboxylic acids is 1. The second kappa shape index (κ2) is 6.32. The van der Waals surface area contributed by atoms with Gasteiger partial charge in [-0.15, -0.1) is 0 Å². The van der Waals surface area contributed by atoms with Gasteiger partial charge in [0.1, 0.15) is 12.1 Å². The molecular weight excluding hydrogens is 368 g/mol. The summed E-state index contributed by atoms with van der Waals surface area (Å²) in [7, 11) is -3.59. The van der Waals surface area contributed by atoms with Crippen molar-refractivity contribution in [2.75, 3.05) is 11.6 Å². The lowest BCUT2D eigenvalue weighted by Gasteiger charge is -2.05. The minimum absolute atomic E-state index is 0.0229. The van der Waals surface area contributed by atoms with Crippen LogP contribution in [0.25, 0.3) is 11.3 Å². The molecule has 0 radical (unpaired) electrons. The van der Waals surface area contributed by atoms with Crippen LogP contribution >= 0.6 is 0 Å². The van der Waals surface area contributed by atoms with Crippen molar-refractivity contribution in [3.63, 3.8) is 0 Å². The van der Waals surface area contributed by atoms with Crippen molar-refractivity contribution in [3.05, 3.63) is 67.1 Å².